The van der Waals surface area contributed by atoms with Crippen LogP contribution in [0.3, 0.4) is 0 Å². The van der Waals surface area contributed by atoms with Crippen molar-refractivity contribution >= 4 is 0 Å². The second kappa shape index (κ2) is 8.25. The molecule has 0 aliphatic rings. The molecule has 86 valence electrons. The largest absolute Gasteiger partial charge is 0.315 e. The summed E-state index contributed by atoms with van der Waals surface area (Å²) < 4.78 is 0. The third-order valence-corrected chi connectivity index (χ3v) is 3.02. The molecule has 0 rings (SSSR count). The zero-order valence-corrected chi connectivity index (χ0v) is 10.6. The van der Waals surface area contributed by atoms with Crippen LogP contribution in [-0.2, 0) is 0 Å². The van der Waals surface area contributed by atoms with Gasteiger partial charge in [0.25, 0.3) is 0 Å². The van der Waals surface area contributed by atoms with E-state index in [-0.39, 0.29) is 0 Å². The van der Waals surface area contributed by atoms with Gasteiger partial charge in [0.15, 0.2) is 0 Å². The van der Waals surface area contributed by atoms with Gasteiger partial charge in [-0.05, 0) is 25.9 Å². The number of nitrogens with zero attached hydrogens (tertiary/aromatic N) is 1. The van der Waals surface area contributed by atoms with Gasteiger partial charge in [-0.1, -0.05) is 34.1 Å². The fourth-order valence-electron chi connectivity index (χ4n) is 1.69. The number of nitrogens with one attached hydrogen (secondary N) is 1. The van der Waals surface area contributed by atoms with E-state index in [4.69, 9.17) is 0 Å². The van der Waals surface area contributed by atoms with Crippen molar-refractivity contribution in [3.63, 3.8) is 0 Å². The molecular weight excluding hydrogens is 172 g/mol. The molecule has 1 N–H and O–H groups in total. The Morgan fingerprint density at radius 3 is 2.21 bits per heavy atom. The highest BCUT2D eigenvalue weighted by molar-refractivity contribution is 4.71. The van der Waals surface area contributed by atoms with Gasteiger partial charge in [0.05, 0.1) is 0 Å². The Balaban J connectivity index is 3.83. The molecule has 0 saturated heterocycles. The molecule has 0 aromatic heterocycles. The first-order valence-electron chi connectivity index (χ1n) is 6.06. The number of hydrogen-bond donors (Lipinski definition) is 1. The van der Waals surface area contributed by atoms with E-state index in [1.165, 1.54) is 19.4 Å². The summed E-state index contributed by atoms with van der Waals surface area (Å²) in [5.41, 5.74) is 0. The maximum atomic E-state index is 3.43. The minimum Gasteiger partial charge on any atom is -0.315 e. The summed E-state index contributed by atoms with van der Waals surface area (Å²) in [7, 11) is 2.25. The quantitative estimate of drug-likeness (QED) is 0.647. The van der Waals surface area contributed by atoms with Crippen LogP contribution in [0.2, 0.25) is 0 Å². The molecule has 0 aliphatic heterocycles. The number of likely N-dealkylation sites (N-methyl/N-ethyl adjacent to an activating group) is 2. The SMILES string of the molecule is CCNCC(CC)N(C)CC(C)CC. The fraction of sp³-hybridized carbons (Fsp3) is 1.00. The summed E-state index contributed by atoms with van der Waals surface area (Å²) in [4.78, 5) is 2.50. The fourth-order valence-corrected chi connectivity index (χ4v) is 1.69. The average molecular weight is 200 g/mol. The van der Waals surface area contributed by atoms with Gasteiger partial charge in [0.2, 0.25) is 0 Å². The predicted molar refractivity (Wildman–Crippen MR) is 64.7 cm³/mol. The van der Waals surface area contributed by atoms with Crippen LogP contribution >= 0.6 is 0 Å². The lowest BCUT2D eigenvalue weighted by molar-refractivity contribution is 0.200. The summed E-state index contributed by atoms with van der Waals surface area (Å²) in [6.45, 7) is 12.5. The van der Waals surface area contributed by atoms with Crippen LogP contribution in [0.15, 0.2) is 0 Å². The van der Waals surface area contributed by atoms with Gasteiger partial charge in [-0.2, -0.15) is 0 Å². The van der Waals surface area contributed by atoms with Gasteiger partial charge < -0.3 is 10.2 Å². The minimum absolute atomic E-state index is 0.698. The molecule has 0 aliphatic carbocycles. The Morgan fingerprint density at radius 1 is 1.14 bits per heavy atom. The van der Waals surface area contributed by atoms with E-state index in [0.29, 0.717) is 6.04 Å². The summed E-state index contributed by atoms with van der Waals surface area (Å²) in [6.07, 6.45) is 2.52. The van der Waals surface area contributed by atoms with Crippen molar-refractivity contribution in [3.05, 3.63) is 0 Å². The van der Waals surface area contributed by atoms with E-state index in [1.54, 1.807) is 0 Å². The van der Waals surface area contributed by atoms with Gasteiger partial charge in [-0.15, -0.1) is 0 Å². The molecule has 0 bridgehead atoms. The van der Waals surface area contributed by atoms with Crippen LogP contribution < -0.4 is 5.32 Å². The van der Waals surface area contributed by atoms with Crippen LogP contribution in [0.25, 0.3) is 0 Å². The Morgan fingerprint density at radius 2 is 1.79 bits per heavy atom. The van der Waals surface area contributed by atoms with Gasteiger partial charge in [-0.25, -0.2) is 0 Å². The maximum absolute atomic E-state index is 3.43. The Kier molecular flexibility index (Phi) is 8.20. The molecule has 2 unspecified atom stereocenters. The second-order valence-corrected chi connectivity index (χ2v) is 4.32. The van der Waals surface area contributed by atoms with Crippen molar-refractivity contribution in [1.82, 2.24) is 10.2 Å². The summed E-state index contributed by atoms with van der Waals surface area (Å²) in [5.74, 6) is 0.815. The smallest absolute Gasteiger partial charge is 0.0215 e. The van der Waals surface area contributed by atoms with Crippen LogP contribution in [0, 0.1) is 5.92 Å². The van der Waals surface area contributed by atoms with E-state index in [2.05, 4.69) is 45.0 Å². The average Bonchev–Trinajstić information content (AvgIpc) is 2.18. The molecule has 0 fully saturated rings. The second-order valence-electron chi connectivity index (χ2n) is 4.32. The topological polar surface area (TPSA) is 15.3 Å². The third kappa shape index (κ3) is 5.61. The number of hydrogen-bond acceptors (Lipinski definition) is 2. The first kappa shape index (κ1) is 13.9. The van der Waals surface area contributed by atoms with Crippen LogP contribution in [-0.4, -0.2) is 37.6 Å². The lowest BCUT2D eigenvalue weighted by Crippen LogP contribution is -2.41. The van der Waals surface area contributed by atoms with E-state index in [9.17, 15) is 0 Å². The third-order valence-electron chi connectivity index (χ3n) is 3.02. The first-order chi connectivity index (χ1) is 6.65. The highest BCUT2D eigenvalue weighted by Gasteiger charge is 2.13. The Labute approximate surface area is 90.1 Å². The van der Waals surface area contributed by atoms with Gasteiger partial charge in [0, 0.05) is 19.1 Å². The highest BCUT2D eigenvalue weighted by atomic mass is 15.1. The summed E-state index contributed by atoms with van der Waals surface area (Å²) in [5, 5.41) is 3.43. The van der Waals surface area contributed by atoms with Gasteiger partial charge in [-0.3, -0.25) is 0 Å². The van der Waals surface area contributed by atoms with Crippen molar-refractivity contribution in [2.24, 2.45) is 5.92 Å². The Bertz CT molecular complexity index is 125. The highest BCUT2D eigenvalue weighted by Crippen LogP contribution is 2.07. The lowest BCUT2D eigenvalue weighted by atomic mass is 10.1. The number of rotatable bonds is 8. The molecular formula is C12H28N2. The molecule has 0 aromatic rings. The maximum Gasteiger partial charge on any atom is 0.0215 e. The molecule has 2 nitrogen and oxygen atoms in total. The van der Waals surface area contributed by atoms with Crippen LogP contribution in [0.4, 0.5) is 0 Å². The summed E-state index contributed by atoms with van der Waals surface area (Å²) in [6, 6.07) is 0.698. The zero-order chi connectivity index (χ0) is 11.0. The van der Waals surface area contributed by atoms with Crippen molar-refractivity contribution in [1.29, 1.82) is 0 Å². The van der Waals surface area contributed by atoms with E-state index in [1.807, 2.05) is 0 Å². The van der Waals surface area contributed by atoms with Crippen molar-refractivity contribution in [3.8, 4) is 0 Å². The van der Waals surface area contributed by atoms with Crippen molar-refractivity contribution in [2.45, 2.75) is 46.6 Å². The van der Waals surface area contributed by atoms with E-state index < -0.39 is 0 Å². The van der Waals surface area contributed by atoms with Crippen molar-refractivity contribution in [2.75, 3.05) is 26.7 Å². The molecule has 0 heterocycles. The normalized spacial score (nSPS) is 15.9. The molecule has 0 saturated carbocycles. The lowest BCUT2D eigenvalue weighted by Gasteiger charge is -2.29. The van der Waals surface area contributed by atoms with E-state index >= 15 is 0 Å². The molecule has 14 heavy (non-hydrogen) atoms. The van der Waals surface area contributed by atoms with Gasteiger partial charge >= 0.3 is 0 Å². The molecule has 2 atom stereocenters. The minimum atomic E-state index is 0.698. The van der Waals surface area contributed by atoms with E-state index in [0.717, 1.165) is 19.0 Å². The predicted octanol–water partition coefficient (Wildman–Crippen LogP) is 2.35. The van der Waals surface area contributed by atoms with Crippen molar-refractivity contribution < 1.29 is 0 Å². The first-order valence-corrected chi connectivity index (χ1v) is 6.06. The molecule has 0 spiro atoms. The summed E-state index contributed by atoms with van der Waals surface area (Å²) >= 11 is 0. The van der Waals surface area contributed by atoms with Crippen LogP contribution in [0.1, 0.15) is 40.5 Å². The van der Waals surface area contributed by atoms with Crippen LogP contribution in [0.5, 0.6) is 0 Å². The monoisotopic (exact) mass is 200 g/mol. The molecule has 0 radical (unpaired) electrons. The van der Waals surface area contributed by atoms with Gasteiger partial charge in [0.1, 0.15) is 0 Å². The standard InChI is InChI=1S/C12H28N2/c1-6-11(4)10-14(5)12(7-2)9-13-8-3/h11-13H,6-10H2,1-5H3. The Hall–Kier alpha value is -0.0800. The molecule has 2 heteroatoms. The molecule has 0 amide bonds. The molecule has 0 aromatic carbocycles. The zero-order valence-electron chi connectivity index (χ0n) is 10.6.